The fourth-order valence-electron chi connectivity index (χ4n) is 2.11. The van der Waals surface area contributed by atoms with Gasteiger partial charge in [0.2, 0.25) is 0 Å². The summed E-state index contributed by atoms with van der Waals surface area (Å²) < 4.78 is 0. The molecule has 0 bridgehead atoms. The van der Waals surface area contributed by atoms with Crippen LogP contribution in [0.1, 0.15) is 19.4 Å². The molecule has 0 radical (unpaired) electrons. The van der Waals surface area contributed by atoms with Crippen LogP contribution in [-0.2, 0) is 0 Å². The normalized spacial score (nSPS) is 11.3. The Hall–Kier alpha value is -1.46. The van der Waals surface area contributed by atoms with Gasteiger partial charge in [0.15, 0.2) is 0 Å². The highest BCUT2D eigenvalue weighted by Gasteiger charge is 2.09. The SMILES string of the molecule is CCP(CC)c1ccccc1C=Nc1ccccc1. The van der Waals surface area contributed by atoms with E-state index in [1.165, 1.54) is 23.2 Å². The van der Waals surface area contributed by atoms with E-state index in [4.69, 9.17) is 0 Å². The van der Waals surface area contributed by atoms with Gasteiger partial charge in [-0.1, -0.05) is 64.2 Å². The van der Waals surface area contributed by atoms with Crippen molar-refractivity contribution in [3.63, 3.8) is 0 Å². The second kappa shape index (κ2) is 7.21. The van der Waals surface area contributed by atoms with E-state index in [2.05, 4.69) is 43.1 Å². The van der Waals surface area contributed by atoms with Gasteiger partial charge < -0.3 is 0 Å². The lowest BCUT2D eigenvalue weighted by Crippen LogP contribution is -2.10. The van der Waals surface area contributed by atoms with E-state index in [-0.39, 0.29) is 7.92 Å². The maximum atomic E-state index is 4.57. The maximum absolute atomic E-state index is 4.57. The summed E-state index contributed by atoms with van der Waals surface area (Å²) >= 11 is 0. The Bertz CT molecular complexity index is 530. The van der Waals surface area contributed by atoms with Gasteiger partial charge in [-0.2, -0.15) is 0 Å². The number of hydrogen-bond donors (Lipinski definition) is 0. The largest absolute Gasteiger partial charge is 0.256 e. The Kier molecular flexibility index (Phi) is 5.30. The number of rotatable bonds is 5. The van der Waals surface area contributed by atoms with Gasteiger partial charge in [-0.25, -0.2) is 0 Å². The summed E-state index contributed by atoms with van der Waals surface area (Å²) in [6, 6.07) is 18.8. The zero-order valence-electron chi connectivity index (χ0n) is 11.6. The number of nitrogens with zero attached hydrogens (tertiary/aromatic N) is 1. The zero-order valence-corrected chi connectivity index (χ0v) is 12.5. The quantitative estimate of drug-likeness (QED) is 0.556. The van der Waals surface area contributed by atoms with E-state index in [1.807, 2.05) is 36.5 Å². The minimum Gasteiger partial charge on any atom is -0.256 e. The van der Waals surface area contributed by atoms with E-state index < -0.39 is 0 Å². The van der Waals surface area contributed by atoms with Crippen molar-refractivity contribution in [2.24, 2.45) is 4.99 Å². The highest BCUT2D eigenvalue weighted by Crippen LogP contribution is 2.34. The van der Waals surface area contributed by atoms with Gasteiger partial charge in [-0.15, -0.1) is 0 Å². The molecule has 0 unspecified atom stereocenters. The predicted molar refractivity (Wildman–Crippen MR) is 87.8 cm³/mol. The Balaban J connectivity index is 2.28. The molecular weight excluding hydrogens is 249 g/mol. The summed E-state index contributed by atoms with van der Waals surface area (Å²) in [5.41, 5.74) is 2.27. The summed E-state index contributed by atoms with van der Waals surface area (Å²) in [7, 11) is -0.0438. The van der Waals surface area contributed by atoms with Crippen LogP contribution in [0.5, 0.6) is 0 Å². The number of benzene rings is 2. The van der Waals surface area contributed by atoms with Crippen LogP contribution in [0.25, 0.3) is 0 Å². The molecule has 0 N–H and O–H groups in total. The van der Waals surface area contributed by atoms with Crippen LogP contribution in [0.2, 0.25) is 0 Å². The molecule has 0 spiro atoms. The van der Waals surface area contributed by atoms with E-state index in [0.717, 1.165) is 5.69 Å². The standard InChI is InChI=1S/C17H20NP/c1-3-19(4-2)17-13-9-8-10-15(17)14-18-16-11-6-5-7-12-16/h5-14H,3-4H2,1-2H3. The summed E-state index contributed by atoms with van der Waals surface area (Å²) in [6.07, 6.45) is 4.48. The minimum atomic E-state index is -0.0438. The van der Waals surface area contributed by atoms with Crippen molar-refractivity contribution in [2.75, 3.05) is 12.3 Å². The van der Waals surface area contributed by atoms with Crippen molar-refractivity contribution in [3.8, 4) is 0 Å². The molecule has 0 atom stereocenters. The lowest BCUT2D eigenvalue weighted by atomic mass is 10.2. The highest BCUT2D eigenvalue weighted by molar-refractivity contribution is 7.65. The molecule has 2 aromatic rings. The average Bonchev–Trinajstić information content (AvgIpc) is 2.48. The molecule has 0 amide bonds. The van der Waals surface area contributed by atoms with Crippen molar-refractivity contribution in [1.82, 2.24) is 0 Å². The Labute approximate surface area is 117 Å². The molecule has 2 rings (SSSR count). The maximum Gasteiger partial charge on any atom is 0.0629 e. The first-order chi connectivity index (χ1) is 9.35. The van der Waals surface area contributed by atoms with E-state index in [1.54, 1.807) is 0 Å². The van der Waals surface area contributed by atoms with Gasteiger partial charge in [-0.05, 0) is 29.8 Å². The second-order valence-electron chi connectivity index (χ2n) is 4.32. The molecule has 0 aliphatic rings. The van der Waals surface area contributed by atoms with Gasteiger partial charge in [-0.3, -0.25) is 4.99 Å². The highest BCUT2D eigenvalue weighted by atomic mass is 31.1. The molecular formula is C17H20NP. The van der Waals surface area contributed by atoms with Gasteiger partial charge in [0, 0.05) is 11.8 Å². The van der Waals surface area contributed by atoms with Crippen LogP contribution >= 0.6 is 7.92 Å². The van der Waals surface area contributed by atoms with Gasteiger partial charge in [0.1, 0.15) is 0 Å². The molecule has 0 heterocycles. The first kappa shape index (κ1) is 14.0. The number of hydrogen-bond acceptors (Lipinski definition) is 1. The van der Waals surface area contributed by atoms with Crippen molar-refractivity contribution in [1.29, 1.82) is 0 Å². The predicted octanol–water partition coefficient (Wildman–Crippen LogP) is 4.58. The topological polar surface area (TPSA) is 12.4 Å². The minimum absolute atomic E-state index is 0.0438. The second-order valence-corrected chi connectivity index (χ2v) is 7.15. The van der Waals surface area contributed by atoms with Crippen LogP contribution in [-0.4, -0.2) is 18.5 Å². The smallest absolute Gasteiger partial charge is 0.0629 e. The van der Waals surface area contributed by atoms with Crippen LogP contribution in [0, 0.1) is 0 Å². The molecule has 0 saturated carbocycles. The molecule has 0 aliphatic heterocycles. The fourth-order valence-corrected chi connectivity index (χ4v) is 4.03. The molecule has 2 heteroatoms. The van der Waals surface area contributed by atoms with Gasteiger partial charge >= 0.3 is 0 Å². The van der Waals surface area contributed by atoms with Crippen LogP contribution < -0.4 is 5.30 Å². The van der Waals surface area contributed by atoms with Crippen LogP contribution in [0.3, 0.4) is 0 Å². The molecule has 0 aromatic heterocycles. The Morgan fingerprint density at radius 1 is 0.895 bits per heavy atom. The first-order valence-corrected chi connectivity index (χ1v) is 8.49. The first-order valence-electron chi connectivity index (χ1n) is 6.78. The van der Waals surface area contributed by atoms with Crippen molar-refractivity contribution in [2.45, 2.75) is 13.8 Å². The lowest BCUT2D eigenvalue weighted by molar-refractivity contribution is 1.42. The van der Waals surface area contributed by atoms with Crippen molar-refractivity contribution in [3.05, 3.63) is 60.2 Å². The summed E-state index contributed by atoms with van der Waals surface area (Å²) in [4.78, 5) is 4.57. The van der Waals surface area contributed by atoms with Gasteiger partial charge in [0.05, 0.1) is 5.69 Å². The van der Waals surface area contributed by atoms with Crippen LogP contribution in [0.4, 0.5) is 5.69 Å². The third-order valence-electron chi connectivity index (χ3n) is 3.15. The molecule has 19 heavy (non-hydrogen) atoms. The third kappa shape index (κ3) is 3.75. The zero-order chi connectivity index (χ0) is 13.5. The summed E-state index contributed by atoms with van der Waals surface area (Å²) in [6.45, 7) is 4.56. The molecule has 98 valence electrons. The van der Waals surface area contributed by atoms with Crippen molar-refractivity contribution >= 4 is 25.1 Å². The van der Waals surface area contributed by atoms with E-state index in [9.17, 15) is 0 Å². The lowest BCUT2D eigenvalue weighted by Gasteiger charge is -2.16. The van der Waals surface area contributed by atoms with Crippen LogP contribution in [0.15, 0.2) is 59.6 Å². The molecule has 2 aromatic carbocycles. The number of aliphatic imine (C=N–C) groups is 1. The molecule has 0 aliphatic carbocycles. The van der Waals surface area contributed by atoms with E-state index in [0.29, 0.717) is 0 Å². The van der Waals surface area contributed by atoms with E-state index >= 15 is 0 Å². The summed E-state index contributed by atoms with van der Waals surface area (Å²) in [5.74, 6) is 0. The van der Waals surface area contributed by atoms with Gasteiger partial charge in [0.25, 0.3) is 0 Å². The summed E-state index contributed by atoms with van der Waals surface area (Å²) in [5, 5.41) is 1.47. The average molecular weight is 269 g/mol. The monoisotopic (exact) mass is 269 g/mol. The third-order valence-corrected chi connectivity index (χ3v) is 5.77. The van der Waals surface area contributed by atoms with Crippen molar-refractivity contribution < 1.29 is 0 Å². The molecule has 0 saturated heterocycles. The molecule has 1 nitrogen and oxygen atoms in total. The molecule has 0 fully saturated rings. The Morgan fingerprint density at radius 3 is 2.21 bits per heavy atom. The number of para-hydroxylation sites is 1. The fraction of sp³-hybridized carbons (Fsp3) is 0.235. The Morgan fingerprint density at radius 2 is 1.53 bits per heavy atom.